The highest BCUT2D eigenvalue weighted by Crippen LogP contribution is 2.50. The SMILES string of the molecule is Cc1c(C(=O)NC2(CF)CC2)cc(Nc2nc(-c3cnc4c(c3)N(C3CC(C)(N5CCCCC5)C3)C(=O)C4(C)C)cc3ncn(C(C)C)c23)c(F)c1F. The second kappa shape index (κ2) is 12.5. The fourth-order valence-corrected chi connectivity index (χ4v) is 8.57. The summed E-state index contributed by atoms with van der Waals surface area (Å²) in [6.07, 6.45) is 9.78. The molecule has 2 aliphatic heterocycles. The van der Waals surface area contributed by atoms with Gasteiger partial charge in [-0.2, -0.15) is 0 Å². The Bertz CT molecular complexity index is 2150. The van der Waals surface area contributed by atoms with Gasteiger partial charge in [-0.15, -0.1) is 0 Å². The van der Waals surface area contributed by atoms with Crippen LogP contribution in [0.15, 0.2) is 30.7 Å². The van der Waals surface area contributed by atoms with Crippen LogP contribution in [0.1, 0.15) is 107 Å². The fraction of sp³-hybridized carbons (Fsp3) is 0.525. The maximum atomic E-state index is 15.7. The summed E-state index contributed by atoms with van der Waals surface area (Å²) in [6.45, 7) is 12.9. The number of carbonyl (C=O) groups is 2. The van der Waals surface area contributed by atoms with Gasteiger partial charge in [-0.25, -0.2) is 23.1 Å². The lowest BCUT2D eigenvalue weighted by atomic mass is 9.71. The van der Waals surface area contributed by atoms with Crippen molar-refractivity contribution >= 4 is 40.0 Å². The zero-order chi connectivity index (χ0) is 37.6. The van der Waals surface area contributed by atoms with Crippen LogP contribution in [-0.2, 0) is 10.2 Å². The van der Waals surface area contributed by atoms with E-state index in [4.69, 9.17) is 9.97 Å². The Kier molecular flexibility index (Phi) is 8.39. The molecule has 13 heteroatoms. The zero-order valence-electron chi connectivity index (χ0n) is 31.2. The van der Waals surface area contributed by atoms with Gasteiger partial charge in [0.15, 0.2) is 17.5 Å². The van der Waals surface area contributed by atoms with E-state index in [-0.39, 0.29) is 46.2 Å². The summed E-state index contributed by atoms with van der Waals surface area (Å²) in [6, 6.07) is 5.02. The normalized spacial score (nSPS) is 23.3. The smallest absolute Gasteiger partial charge is 0.252 e. The van der Waals surface area contributed by atoms with Crippen molar-refractivity contribution in [2.75, 3.05) is 30.0 Å². The fourth-order valence-electron chi connectivity index (χ4n) is 8.57. The Labute approximate surface area is 307 Å². The number of pyridine rings is 2. The summed E-state index contributed by atoms with van der Waals surface area (Å²) >= 11 is 0. The van der Waals surface area contributed by atoms with Crippen molar-refractivity contribution in [1.82, 2.24) is 29.7 Å². The molecule has 2 N–H and O–H groups in total. The first-order chi connectivity index (χ1) is 25.2. The molecular weight excluding hydrogens is 681 g/mol. The van der Waals surface area contributed by atoms with E-state index in [9.17, 15) is 14.0 Å². The number of amides is 2. The molecule has 10 nitrogen and oxygen atoms in total. The van der Waals surface area contributed by atoms with Gasteiger partial charge in [-0.1, -0.05) is 6.42 Å². The van der Waals surface area contributed by atoms with E-state index in [0.717, 1.165) is 31.6 Å². The quantitative estimate of drug-likeness (QED) is 0.182. The van der Waals surface area contributed by atoms with E-state index < -0.39 is 35.2 Å². The highest BCUT2D eigenvalue weighted by atomic mass is 19.2. The Hall–Kier alpha value is -4.52. The van der Waals surface area contributed by atoms with Gasteiger partial charge in [0.2, 0.25) is 5.91 Å². The minimum Gasteiger partial charge on any atom is -0.344 e. The van der Waals surface area contributed by atoms with Crippen LogP contribution in [0.25, 0.3) is 22.3 Å². The van der Waals surface area contributed by atoms with Gasteiger partial charge >= 0.3 is 0 Å². The molecule has 3 fully saturated rings. The van der Waals surface area contributed by atoms with Crippen LogP contribution in [0.3, 0.4) is 0 Å². The highest BCUT2D eigenvalue weighted by molar-refractivity contribution is 6.08. The Morgan fingerprint density at radius 1 is 1.02 bits per heavy atom. The van der Waals surface area contributed by atoms with Crippen LogP contribution in [0.5, 0.6) is 0 Å². The number of likely N-dealkylation sites (tertiary alicyclic amines) is 1. The Balaban J connectivity index is 1.17. The molecule has 280 valence electrons. The number of piperidine rings is 1. The van der Waals surface area contributed by atoms with E-state index in [1.807, 2.05) is 49.3 Å². The number of nitrogens with one attached hydrogen (secondary N) is 2. The number of hydrogen-bond acceptors (Lipinski definition) is 7. The maximum Gasteiger partial charge on any atom is 0.252 e. The van der Waals surface area contributed by atoms with Crippen LogP contribution in [-0.4, -0.2) is 73.1 Å². The molecule has 0 atom stereocenters. The van der Waals surface area contributed by atoms with E-state index in [0.29, 0.717) is 40.8 Å². The number of fused-ring (bicyclic) bond motifs is 2. The van der Waals surface area contributed by atoms with Crippen LogP contribution in [0, 0.1) is 18.6 Å². The number of alkyl halides is 1. The molecule has 2 amide bonds. The third-order valence-corrected chi connectivity index (χ3v) is 12.1. The molecule has 5 heterocycles. The largest absolute Gasteiger partial charge is 0.344 e. The van der Waals surface area contributed by atoms with Gasteiger partial charge in [0.05, 0.1) is 45.6 Å². The number of imidazole rings is 1. The lowest BCUT2D eigenvalue weighted by Crippen LogP contribution is -2.64. The number of nitrogens with zero attached hydrogens (tertiary/aromatic N) is 6. The van der Waals surface area contributed by atoms with Crippen molar-refractivity contribution in [3.8, 4) is 11.3 Å². The van der Waals surface area contributed by atoms with Crippen LogP contribution >= 0.6 is 0 Å². The molecule has 8 rings (SSSR count). The molecule has 3 aromatic heterocycles. The summed E-state index contributed by atoms with van der Waals surface area (Å²) in [5.74, 6) is -2.80. The first-order valence-corrected chi connectivity index (χ1v) is 18.8. The van der Waals surface area contributed by atoms with Gasteiger partial charge in [0.25, 0.3) is 5.91 Å². The molecule has 1 saturated heterocycles. The van der Waals surface area contributed by atoms with Crippen LogP contribution in [0.2, 0.25) is 0 Å². The Morgan fingerprint density at radius 3 is 2.40 bits per heavy atom. The second-order valence-electron chi connectivity index (χ2n) is 16.7. The topological polar surface area (TPSA) is 108 Å². The zero-order valence-corrected chi connectivity index (χ0v) is 31.2. The second-order valence-corrected chi connectivity index (χ2v) is 16.7. The van der Waals surface area contributed by atoms with Crippen molar-refractivity contribution in [3.63, 3.8) is 0 Å². The molecule has 0 bridgehead atoms. The third-order valence-electron chi connectivity index (χ3n) is 12.1. The predicted octanol–water partition coefficient (Wildman–Crippen LogP) is 7.67. The molecule has 0 radical (unpaired) electrons. The minimum absolute atomic E-state index is 0.0279. The number of halogens is 3. The number of anilines is 3. The molecule has 4 aliphatic rings. The summed E-state index contributed by atoms with van der Waals surface area (Å²) in [4.78, 5) is 46.2. The van der Waals surface area contributed by atoms with E-state index in [1.165, 1.54) is 32.3 Å². The van der Waals surface area contributed by atoms with Crippen LogP contribution < -0.4 is 15.5 Å². The molecule has 0 spiro atoms. The van der Waals surface area contributed by atoms with Crippen molar-refractivity contribution in [1.29, 1.82) is 0 Å². The van der Waals surface area contributed by atoms with Crippen LogP contribution in [0.4, 0.5) is 30.4 Å². The summed E-state index contributed by atoms with van der Waals surface area (Å²) in [5, 5.41) is 5.65. The van der Waals surface area contributed by atoms with Gasteiger partial charge in [0, 0.05) is 40.5 Å². The number of hydrogen-bond donors (Lipinski definition) is 2. The summed E-state index contributed by atoms with van der Waals surface area (Å²) in [5.41, 5.74) is 1.43. The summed E-state index contributed by atoms with van der Waals surface area (Å²) < 4.78 is 46.6. The van der Waals surface area contributed by atoms with Gasteiger partial charge in [0.1, 0.15) is 12.2 Å². The lowest BCUT2D eigenvalue weighted by molar-refractivity contribution is -0.123. The molecule has 2 aliphatic carbocycles. The standard InChI is InChI=1S/C40H47F3N8O2/c1-22(2)50-21-45-29-16-27(46-35(33(29)50)47-28-15-26(23(3)31(42)32(28)43)36(52)48-40(20-41)10-11-40)24-14-30-34(44-19-24)38(4,5)37(53)51(30)25-17-39(6,18-25)49-12-8-7-9-13-49/h14-16,19,21-22,25H,7-13,17-18,20H2,1-6H3,(H,46,47)(H,48,52). The highest BCUT2D eigenvalue weighted by Gasteiger charge is 2.55. The first-order valence-electron chi connectivity index (χ1n) is 18.8. The van der Waals surface area contributed by atoms with Crippen molar-refractivity contribution in [3.05, 3.63) is 59.2 Å². The number of benzene rings is 1. The summed E-state index contributed by atoms with van der Waals surface area (Å²) in [7, 11) is 0. The number of aromatic nitrogens is 4. The average Bonchev–Trinajstić information content (AvgIpc) is 3.71. The van der Waals surface area contributed by atoms with Gasteiger partial charge < -0.3 is 20.1 Å². The first kappa shape index (κ1) is 35.5. The molecule has 53 heavy (non-hydrogen) atoms. The van der Waals surface area contributed by atoms with Crippen molar-refractivity contribution in [2.24, 2.45) is 0 Å². The molecule has 4 aromatic rings. The van der Waals surface area contributed by atoms with Crippen molar-refractivity contribution < 1.29 is 22.8 Å². The maximum absolute atomic E-state index is 15.7. The molecule has 1 aromatic carbocycles. The third kappa shape index (κ3) is 5.77. The van der Waals surface area contributed by atoms with E-state index in [1.54, 1.807) is 12.5 Å². The van der Waals surface area contributed by atoms with Gasteiger partial charge in [-0.05, 0) is 111 Å². The Morgan fingerprint density at radius 2 is 1.74 bits per heavy atom. The number of rotatable bonds is 9. The van der Waals surface area contributed by atoms with Gasteiger partial charge in [-0.3, -0.25) is 19.5 Å². The molecular formula is C40H47F3N8O2. The van der Waals surface area contributed by atoms with E-state index in [2.05, 4.69) is 27.4 Å². The monoisotopic (exact) mass is 728 g/mol. The molecule has 0 unspecified atom stereocenters. The van der Waals surface area contributed by atoms with E-state index >= 15 is 8.78 Å². The lowest BCUT2D eigenvalue weighted by Gasteiger charge is -2.55. The predicted molar refractivity (Wildman–Crippen MR) is 198 cm³/mol. The average molecular weight is 729 g/mol. The minimum atomic E-state index is -1.18. The molecule has 2 saturated carbocycles. The van der Waals surface area contributed by atoms with Crippen molar-refractivity contribution in [2.45, 2.75) is 115 Å². The number of carbonyl (C=O) groups excluding carboxylic acids is 2.